The molecule has 118 valence electrons. The van der Waals surface area contributed by atoms with Crippen molar-refractivity contribution in [3.63, 3.8) is 0 Å². The van der Waals surface area contributed by atoms with Crippen LogP contribution in [-0.4, -0.2) is 38.3 Å². The summed E-state index contributed by atoms with van der Waals surface area (Å²) in [5, 5.41) is -0.486. The van der Waals surface area contributed by atoms with E-state index in [9.17, 15) is 22.0 Å². The van der Waals surface area contributed by atoms with Gasteiger partial charge in [0.25, 0.3) is 6.43 Å². The minimum absolute atomic E-state index is 0.145. The Hall–Kier alpha value is -1.21. The fourth-order valence-corrected chi connectivity index (χ4v) is 2.57. The Morgan fingerprint density at radius 3 is 2.43 bits per heavy atom. The van der Waals surface area contributed by atoms with Crippen molar-refractivity contribution in [1.82, 2.24) is 0 Å². The number of halogens is 3. The first-order chi connectivity index (χ1) is 9.63. The highest BCUT2D eigenvalue weighted by molar-refractivity contribution is 7.92. The molecule has 0 atom stereocenters. The summed E-state index contributed by atoms with van der Waals surface area (Å²) in [4.78, 5) is 12.8. The number of amides is 1. The van der Waals surface area contributed by atoms with Gasteiger partial charge < -0.3 is 4.90 Å². The van der Waals surface area contributed by atoms with Crippen LogP contribution in [-0.2, 0) is 14.6 Å². The molecule has 0 N–H and O–H groups in total. The second-order valence-corrected chi connectivity index (χ2v) is 7.72. The summed E-state index contributed by atoms with van der Waals surface area (Å²) in [6, 6.07) is 5.79. The van der Waals surface area contributed by atoms with Crippen molar-refractivity contribution in [2.24, 2.45) is 0 Å². The van der Waals surface area contributed by atoms with Gasteiger partial charge in [-0.25, -0.2) is 17.2 Å². The van der Waals surface area contributed by atoms with Crippen LogP contribution in [0.15, 0.2) is 24.3 Å². The quantitative estimate of drug-likeness (QED) is 0.800. The number of nitrogens with zero attached hydrogens (tertiary/aromatic N) is 1. The van der Waals surface area contributed by atoms with Crippen LogP contribution in [0, 0.1) is 0 Å². The van der Waals surface area contributed by atoms with Gasteiger partial charge in [-0.2, -0.15) is 0 Å². The molecule has 0 aliphatic heterocycles. The van der Waals surface area contributed by atoms with Crippen LogP contribution in [0.5, 0.6) is 0 Å². The lowest BCUT2D eigenvalue weighted by Gasteiger charge is -2.23. The summed E-state index contributed by atoms with van der Waals surface area (Å²) < 4.78 is 48.8. The van der Waals surface area contributed by atoms with E-state index in [1.807, 2.05) is 0 Å². The molecule has 0 saturated carbocycles. The van der Waals surface area contributed by atoms with Crippen LogP contribution in [0.1, 0.15) is 13.8 Å². The van der Waals surface area contributed by atoms with Crippen LogP contribution >= 0.6 is 11.6 Å². The molecule has 0 spiro atoms. The molecule has 1 aromatic rings. The largest absolute Gasteiger partial charge is 0.306 e. The lowest BCUT2D eigenvalue weighted by Crippen LogP contribution is -2.40. The number of alkyl halides is 2. The second kappa shape index (κ2) is 7.17. The molecule has 1 aromatic carbocycles. The molecule has 0 bridgehead atoms. The highest BCUT2D eigenvalue weighted by atomic mass is 35.5. The summed E-state index contributed by atoms with van der Waals surface area (Å²) >= 11 is 5.77. The van der Waals surface area contributed by atoms with Gasteiger partial charge in [0.2, 0.25) is 5.91 Å². The number of benzene rings is 1. The lowest BCUT2D eigenvalue weighted by atomic mass is 10.3. The number of hydrogen-bond donors (Lipinski definition) is 0. The van der Waals surface area contributed by atoms with E-state index < -0.39 is 39.7 Å². The number of anilines is 1. The van der Waals surface area contributed by atoms with Gasteiger partial charge in [-0.1, -0.05) is 17.7 Å². The smallest absolute Gasteiger partial charge is 0.256 e. The summed E-state index contributed by atoms with van der Waals surface area (Å²) in [6.07, 6.45) is -2.78. The number of hydrogen-bond acceptors (Lipinski definition) is 3. The van der Waals surface area contributed by atoms with E-state index in [1.165, 1.54) is 38.1 Å². The van der Waals surface area contributed by atoms with Gasteiger partial charge in [0.05, 0.1) is 11.8 Å². The minimum Gasteiger partial charge on any atom is -0.306 e. The zero-order valence-electron chi connectivity index (χ0n) is 11.6. The molecule has 0 aliphatic rings. The average molecular weight is 340 g/mol. The Kier molecular flexibility index (Phi) is 6.10. The van der Waals surface area contributed by atoms with Gasteiger partial charge in [0.1, 0.15) is 5.75 Å². The predicted molar refractivity (Wildman–Crippen MR) is 78.7 cm³/mol. The molecule has 0 radical (unpaired) electrons. The standard InChI is InChI=1S/C13H16ClF2NO3S/c1-9(2)21(19,20)8-13(18)17(7-12(15)16)11-5-3-4-10(14)6-11/h3-6,9,12H,7-8H2,1-2H3. The number of carbonyl (C=O) groups excluding carboxylic acids is 1. The monoisotopic (exact) mass is 339 g/mol. The normalized spacial score (nSPS) is 12.0. The molecule has 4 nitrogen and oxygen atoms in total. The van der Waals surface area contributed by atoms with Gasteiger partial charge in [0.15, 0.2) is 9.84 Å². The van der Waals surface area contributed by atoms with Crippen LogP contribution in [0.25, 0.3) is 0 Å². The van der Waals surface area contributed by atoms with E-state index in [0.29, 0.717) is 0 Å². The second-order valence-electron chi connectivity index (χ2n) is 4.73. The molecule has 21 heavy (non-hydrogen) atoms. The molecule has 0 aromatic heterocycles. The Morgan fingerprint density at radius 1 is 1.33 bits per heavy atom. The summed E-state index contributed by atoms with van der Waals surface area (Å²) in [6.45, 7) is 1.98. The Morgan fingerprint density at radius 2 is 1.95 bits per heavy atom. The highest BCUT2D eigenvalue weighted by Gasteiger charge is 2.27. The number of sulfone groups is 1. The Bertz CT molecular complexity index is 605. The number of rotatable bonds is 6. The molecule has 0 aliphatic carbocycles. The maximum atomic E-state index is 12.6. The zero-order valence-corrected chi connectivity index (χ0v) is 13.2. The molecule has 8 heteroatoms. The van der Waals surface area contributed by atoms with Crippen molar-refractivity contribution in [1.29, 1.82) is 0 Å². The Balaban J connectivity index is 3.06. The lowest BCUT2D eigenvalue weighted by molar-refractivity contribution is -0.116. The topological polar surface area (TPSA) is 54.5 Å². The van der Waals surface area contributed by atoms with Crippen LogP contribution < -0.4 is 4.90 Å². The molecule has 1 rings (SSSR count). The molecule has 0 saturated heterocycles. The van der Waals surface area contributed by atoms with Crippen molar-refractivity contribution in [3.05, 3.63) is 29.3 Å². The third-order valence-corrected chi connectivity index (χ3v) is 5.11. The zero-order chi connectivity index (χ0) is 16.2. The third-order valence-electron chi connectivity index (χ3n) is 2.78. The molecule has 0 unspecified atom stereocenters. The van der Waals surface area contributed by atoms with E-state index in [-0.39, 0.29) is 10.7 Å². The summed E-state index contributed by atoms with van der Waals surface area (Å²) in [7, 11) is -3.67. The van der Waals surface area contributed by atoms with Gasteiger partial charge >= 0.3 is 0 Å². The molecular formula is C13H16ClF2NO3S. The molecule has 1 amide bonds. The fourth-order valence-electron chi connectivity index (χ4n) is 1.55. The predicted octanol–water partition coefficient (Wildman–Crippen LogP) is 2.76. The van der Waals surface area contributed by atoms with E-state index in [0.717, 1.165) is 4.90 Å². The first-order valence-corrected chi connectivity index (χ1v) is 8.28. The Labute approximate surface area is 127 Å². The van der Waals surface area contributed by atoms with E-state index in [2.05, 4.69) is 0 Å². The van der Waals surface area contributed by atoms with Gasteiger partial charge in [-0.3, -0.25) is 4.79 Å². The molecule has 0 fully saturated rings. The minimum atomic E-state index is -3.67. The van der Waals surface area contributed by atoms with Crippen molar-refractivity contribution in [3.8, 4) is 0 Å². The third kappa shape index (κ3) is 5.24. The first kappa shape index (κ1) is 17.8. The van der Waals surface area contributed by atoms with Crippen LogP contribution in [0.3, 0.4) is 0 Å². The van der Waals surface area contributed by atoms with E-state index in [4.69, 9.17) is 11.6 Å². The van der Waals surface area contributed by atoms with Crippen molar-refractivity contribution >= 4 is 33.0 Å². The van der Waals surface area contributed by atoms with Crippen molar-refractivity contribution < 1.29 is 22.0 Å². The van der Waals surface area contributed by atoms with Crippen molar-refractivity contribution in [2.75, 3.05) is 17.2 Å². The maximum Gasteiger partial charge on any atom is 0.256 e. The summed E-state index contributed by atoms with van der Waals surface area (Å²) in [5.74, 6) is -1.71. The first-order valence-electron chi connectivity index (χ1n) is 6.19. The highest BCUT2D eigenvalue weighted by Crippen LogP contribution is 2.21. The van der Waals surface area contributed by atoms with Crippen LogP contribution in [0.4, 0.5) is 14.5 Å². The van der Waals surface area contributed by atoms with E-state index >= 15 is 0 Å². The number of carbonyl (C=O) groups is 1. The SMILES string of the molecule is CC(C)S(=O)(=O)CC(=O)N(CC(F)F)c1cccc(Cl)c1. The maximum absolute atomic E-state index is 12.6. The van der Waals surface area contributed by atoms with Gasteiger partial charge in [-0.05, 0) is 32.0 Å². The molecule has 0 heterocycles. The van der Waals surface area contributed by atoms with E-state index in [1.54, 1.807) is 0 Å². The van der Waals surface area contributed by atoms with Gasteiger partial charge in [-0.15, -0.1) is 0 Å². The molecular weight excluding hydrogens is 324 g/mol. The van der Waals surface area contributed by atoms with Gasteiger partial charge in [0, 0.05) is 10.7 Å². The van der Waals surface area contributed by atoms with Crippen molar-refractivity contribution in [2.45, 2.75) is 25.5 Å². The summed E-state index contributed by atoms with van der Waals surface area (Å²) in [5.41, 5.74) is 0.145. The van der Waals surface area contributed by atoms with Crippen LogP contribution in [0.2, 0.25) is 5.02 Å². The fraction of sp³-hybridized carbons (Fsp3) is 0.462. The average Bonchev–Trinajstić information content (AvgIpc) is 2.34.